The highest BCUT2D eigenvalue weighted by atomic mass is 16.6. The molecule has 8 heteroatoms. The summed E-state index contributed by atoms with van der Waals surface area (Å²) >= 11 is 0. The van der Waals surface area contributed by atoms with Gasteiger partial charge in [-0.3, -0.25) is 0 Å². The van der Waals surface area contributed by atoms with Crippen LogP contribution in [0.5, 0.6) is 0 Å². The van der Waals surface area contributed by atoms with E-state index < -0.39 is 0 Å². The van der Waals surface area contributed by atoms with Crippen LogP contribution in [-0.4, -0.2) is 45.4 Å². The third-order valence-corrected chi connectivity index (χ3v) is 6.22. The summed E-state index contributed by atoms with van der Waals surface area (Å²) in [5, 5.41) is 7.49. The van der Waals surface area contributed by atoms with Crippen molar-refractivity contribution in [3.8, 4) is 0 Å². The number of imidazole rings is 1. The minimum Gasteiger partial charge on any atom is -0.374 e. The largest absolute Gasteiger partial charge is 0.374 e. The van der Waals surface area contributed by atoms with Crippen molar-refractivity contribution in [2.24, 2.45) is 5.92 Å². The molecule has 3 heterocycles. The maximum absolute atomic E-state index is 6.55. The van der Waals surface area contributed by atoms with Gasteiger partial charge in [0.25, 0.3) is 0 Å². The van der Waals surface area contributed by atoms with Crippen LogP contribution in [0.25, 0.3) is 5.65 Å². The lowest BCUT2D eigenvalue weighted by molar-refractivity contribution is -0.0733. The van der Waals surface area contributed by atoms with E-state index >= 15 is 0 Å². The lowest BCUT2D eigenvalue weighted by Gasteiger charge is -2.22. The van der Waals surface area contributed by atoms with E-state index in [4.69, 9.17) is 14.2 Å². The first kappa shape index (κ1) is 22.5. The fourth-order valence-corrected chi connectivity index (χ4v) is 4.47. The molecular weight excluding hydrogens is 430 g/mol. The zero-order valence-corrected chi connectivity index (χ0v) is 19.4. The average molecular weight is 460 g/mol. The molecule has 1 aliphatic heterocycles. The number of hydrogen-bond acceptors (Lipinski definition) is 7. The highest BCUT2D eigenvalue weighted by Crippen LogP contribution is 2.40. The molecule has 0 amide bonds. The number of aromatic nitrogens is 4. The summed E-state index contributed by atoms with van der Waals surface area (Å²) in [4.78, 5) is 8.79. The van der Waals surface area contributed by atoms with Crippen LogP contribution in [0.1, 0.15) is 29.8 Å². The van der Waals surface area contributed by atoms with E-state index in [0.717, 1.165) is 16.8 Å². The Labute approximate surface area is 198 Å². The summed E-state index contributed by atoms with van der Waals surface area (Å²) in [6.45, 7) is 3.62. The van der Waals surface area contributed by atoms with Crippen LogP contribution in [0.2, 0.25) is 0 Å². The van der Waals surface area contributed by atoms with Gasteiger partial charge in [-0.1, -0.05) is 67.6 Å². The minimum atomic E-state index is -0.235. The van der Waals surface area contributed by atoms with Gasteiger partial charge >= 0.3 is 0 Å². The Bertz CT molecular complexity index is 1200. The van der Waals surface area contributed by atoms with Crippen molar-refractivity contribution in [2.45, 2.75) is 38.4 Å². The third kappa shape index (κ3) is 4.65. The Hall–Kier alpha value is -3.33. The van der Waals surface area contributed by atoms with E-state index in [1.165, 1.54) is 6.33 Å². The molecule has 2 aromatic carbocycles. The number of benzene rings is 2. The molecule has 5 rings (SSSR count). The van der Waals surface area contributed by atoms with Crippen LogP contribution in [0, 0.1) is 5.92 Å². The van der Waals surface area contributed by atoms with Gasteiger partial charge in [0.2, 0.25) is 0 Å². The lowest BCUT2D eigenvalue weighted by atomic mass is 9.96. The molecule has 1 aliphatic rings. The Morgan fingerprint density at radius 1 is 0.971 bits per heavy atom. The molecule has 4 aromatic rings. The fraction of sp³-hybridized carbons (Fsp3) is 0.346. The van der Waals surface area contributed by atoms with Gasteiger partial charge in [0.15, 0.2) is 11.5 Å². The zero-order chi connectivity index (χ0) is 23.3. The molecule has 2 aromatic heterocycles. The highest BCUT2D eigenvalue weighted by molar-refractivity contribution is 5.61. The number of nitrogens with zero attached hydrogens (tertiary/aromatic N) is 4. The van der Waals surface area contributed by atoms with Gasteiger partial charge in [0, 0.05) is 13.0 Å². The molecule has 1 N–H and O–H groups in total. The van der Waals surface area contributed by atoms with Crippen molar-refractivity contribution in [1.29, 1.82) is 0 Å². The summed E-state index contributed by atoms with van der Waals surface area (Å²) in [5.74, 6) is 0.744. The maximum Gasteiger partial charge on any atom is 0.197 e. The summed E-state index contributed by atoms with van der Waals surface area (Å²) < 4.78 is 20.8. The van der Waals surface area contributed by atoms with E-state index in [2.05, 4.69) is 51.6 Å². The van der Waals surface area contributed by atoms with Crippen molar-refractivity contribution in [3.63, 3.8) is 0 Å². The predicted octanol–water partition coefficient (Wildman–Crippen LogP) is 4.04. The van der Waals surface area contributed by atoms with Gasteiger partial charge in [-0.15, -0.1) is 0 Å². The van der Waals surface area contributed by atoms with Gasteiger partial charge < -0.3 is 19.5 Å². The molecule has 1 fully saturated rings. The normalized spacial score (nSPS) is 22.3. The van der Waals surface area contributed by atoms with Gasteiger partial charge in [-0.25, -0.2) is 14.5 Å². The van der Waals surface area contributed by atoms with Crippen molar-refractivity contribution in [1.82, 2.24) is 19.6 Å². The Morgan fingerprint density at radius 2 is 1.68 bits per heavy atom. The number of fused-ring (bicyclic) bond motifs is 1. The van der Waals surface area contributed by atoms with Crippen molar-refractivity contribution < 1.29 is 14.2 Å². The van der Waals surface area contributed by atoms with Crippen molar-refractivity contribution in [3.05, 3.63) is 90.0 Å². The van der Waals surface area contributed by atoms with E-state index in [1.807, 2.05) is 49.6 Å². The summed E-state index contributed by atoms with van der Waals surface area (Å²) in [6.07, 6.45) is 2.74. The highest BCUT2D eigenvalue weighted by Gasteiger charge is 2.45. The molecule has 0 spiro atoms. The molecule has 0 bridgehead atoms. The number of nitrogens with one attached hydrogen (secondary N) is 1. The van der Waals surface area contributed by atoms with E-state index in [0.29, 0.717) is 31.3 Å². The smallest absolute Gasteiger partial charge is 0.197 e. The van der Waals surface area contributed by atoms with Crippen LogP contribution >= 0.6 is 0 Å². The summed E-state index contributed by atoms with van der Waals surface area (Å²) in [6, 6.07) is 20.3. The van der Waals surface area contributed by atoms with Crippen molar-refractivity contribution >= 4 is 11.5 Å². The van der Waals surface area contributed by atoms with Gasteiger partial charge in [-0.2, -0.15) is 5.10 Å². The SMILES string of the molecule is CNc1ncnn2c([C@H]3O[C@H](COCc4ccccc4)[C@@H](OCc4ccccc4)[C@@H]3C)cnc12. The summed E-state index contributed by atoms with van der Waals surface area (Å²) in [7, 11) is 1.82. The molecule has 0 unspecified atom stereocenters. The van der Waals surface area contributed by atoms with Crippen LogP contribution in [-0.2, 0) is 27.4 Å². The monoisotopic (exact) mass is 459 g/mol. The second-order valence-electron chi connectivity index (χ2n) is 8.49. The number of rotatable bonds is 9. The first-order chi connectivity index (χ1) is 16.7. The minimum absolute atomic E-state index is 0.0712. The molecule has 1 saturated heterocycles. The molecule has 0 radical (unpaired) electrons. The molecule has 34 heavy (non-hydrogen) atoms. The Morgan fingerprint density at radius 3 is 2.38 bits per heavy atom. The maximum atomic E-state index is 6.55. The van der Waals surface area contributed by atoms with E-state index in [-0.39, 0.29) is 24.2 Å². The Balaban J connectivity index is 1.35. The zero-order valence-electron chi connectivity index (χ0n) is 19.4. The molecule has 8 nitrogen and oxygen atoms in total. The molecule has 176 valence electrons. The first-order valence-electron chi connectivity index (χ1n) is 11.5. The van der Waals surface area contributed by atoms with Gasteiger partial charge in [-0.05, 0) is 11.1 Å². The van der Waals surface area contributed by atoms with E-state index in [9.17, 15) is 0 Å². The number of ether oxygens (including phenoxy) is 3. The topological polar surface area (TPSA) is 82.8 Å². The number of hydrogen-bond donors (Lipinski definition) is 1. The van der Waals surface area contributed by atoms with Crippen molar-refractivity contribution in [2.75, 3.05) is 19.0 Å². The molecule has 0 aliphatic carbocycles. The van der Waals surface area contributed by atoms with Crippen LogP contribution < -0.4 is 5.32 Å². The Kier molecular flexibility index (Phi) is 6.80. The standard InChI is InChI=1S/C26H29N5O3/c1-18-23(21-13-28-26-25(27-2)29-17-30-31(21)26)34-22(16-32-14-19-9-5-3-6-10-19)24(18)33-15-20-11-7-4-8-12-20/h3-13,17-18,22-24H,14-16H2,1-2H3,(H,27,29,30)/t18-,22-,23+,24+/m1/s1. The second-order valence-corrected chi connectivity index (χ2v) is 8.49. The quantitative estimate of drug-likeness (QED) is 0.404. The molecule has 4 atom stereocenters. The third-order valence-electron chi connectivity index (χ3n) is 6.22. The average Bonchev–Trinajstić information content (AvgIpc) is 3.44. The lowest BCUT2D eigenvalue weighted by Crippen LogP contribution is -2.32. The van der Waals surface area contributed by atoms with Crippen LogP contribution in [0.4, 0.5) is 5.82 Å². The van der Waals surface area contributed by atoms with Gasteiger partial charge in [0.1, 0.15) is 18.5 Å². The fourth-order valence-electron chi connectivity index (χ4n) is 4.47. The molecule has 0 saturated carbocycles. The second kappa shape index (κ2) is 10.3. The summed E-state index contributed by atoms with van der Waals surface area (Å²) in [5.41, 5.74) is 3.80. The predicted molar refractivity (Wildman–Crippen MR) is 128 cm³/mol. The molecular formula is C26H29N5O3. The number of anilines is 1. The van der Waals surface area contributed by atoms with E-state index in [1.54, 1.807) is 4.52 Å². The van der Waals surface area contributed by atoms with Gasteiger partial charge in [0.05, 0.1) is 37.8 Å². The first-order valence-corrected chi connectivity index (χ1v) is 11.5. The van der Waals surface area contributed by atoms with Crippen LogP contribution in [0.3, 0.4) is 0 Å². The van der Waals surface area contributed by atoms with Crippen LogP contribution in [0.15, 0.2) is 73.2 Å².